The standard InChI is InChI=1S/C12H16N2O4/c1-3-17-12(16)11-8(2)13-10(7-15)14(11)6-9-4-5-18-9/h7,9H,3-6H2,1-2H3/t9-/m0/s1. The first kappa shape index (κ1) is 12.8. The van der Waals surface area contributed by atoms with E-state index in [2.05, 4.69) is 4.98 Å². The maximum absolute atomic E-state index is 11.9. The second kappa shape index (κ2) is 5.30. The van der Waals surface area contributed by atoms with Crippen molar-refractivity contribution in [1.82, 2.24) is 9.55 Å². The van der Waals surface area contributed by atoms with Crippen molar-refractivity contribution >= 4 is 12.3 Å². The Hall–Kier alpha value is -1.69. The van der Waals surface area contributed by atoms with E-state index in [-0.39, 0.29) is 11.9 Å². The van der Waals surface area contributed by atoms with Crippen LogP contribution in [0.5, 0.6) is 0 Å². The van der Waals surface area contributed by atoms with Crippen LogP contribution in [-0.2, 0) is 16.0 Å². The normalized spacial score (nSPS) is 18.2. The van der Waals surface area contributed by atoms with Crippen molar-refractivity contribution < 1.29 is 19.1 Å². The van der Waals surface area contributed by atoms with Crippen LogP contribution < -0.4 is 0 Å². The molecule has 2 rings (SSSR count). The van der Waals surface area contributed by atoms with Crippen molar-refractivity contribution in [2.24, 2.45) is 0 Å². The molecule has 2 heterocycles. The van der Waals surface area contributed by atoms with Crippen LogP contribution in [0.2, 0.25) is 0 Å². The van der Waals surface area contributed by atoms with Gasteiger partial charge in [-0.2, -0.15) is 0 Å². The summed E-state index contributed by atoms with van der Waals surface area (Å²) in [5.41, 5.74) is 0.851. The predicted octanol–water partition coefficient (Wildman–Crippen LogP) is 0.970. The first-order chi connectivity index (χ1) is 8.67. The van der Waals surface area contributed by atoms with Crippen molar-refractivity contribution in [3.63, 3.8) is 0 Å². The topological polar surface area (TPSA) is 70.4 Å². The van der Waals surface area contributed by atoms with E-state index in [0.717, 1.165) is 13.0 Å². The van der Waals surface area contributed by atoms with Gasteiger partial charge >= 0.3 is 5.97 Å². The first-order valence-electron chi connectivity index (χ1n) is 5.98. The van der Waals surface area contributed by atoms with Gasteiger partial charge in [-0.1, -0.05) is 0 Å². The van der Waals surface area contributed by atoms with Gasteiger partial charge in [0, 0.05) is 6.61 Å². The largest absolute Gasteiger partial charge is 0.461 e. The number of esters is 1. The van der Waals surface area contributed by atoms with Gasteiger partial charge in [0.05, 0.1) is 24.9 Å². The van der Waals surface area contributed by atoms with Crippen LogP contribution in [0.4, 0.5) is 0 Å². The summed E-state index contributed by atoms with van der Waals surface area (Å²) in [6, 6.07) is 0. The molecular formula is C12H16N2O4. The Morgan fingerprint density at radius 1 is 1.67 bits per heavy atom. The monoisotopic (exact) mass is 252 g/mol. The Morgan fingerprint density at radius 2 is 2.39 bits per heavy atom. The van der Waals surface area contributed by atoms with E-state index >= 15 is 0 Å². The number of hydrogen-bond donors (Lipinski definition) is 0. The molecule has 0 unspecified atom stereocenters. The molecule has 1 aliphatic heterocycles. The average molecular weight is 252 g/mol. The summed E-state index contributed by atoms with van der Waals surface area (Å²) >= 11 is 0. The number of ether oxygens (including phenoxy) is 2. The molecule has 1 atom stereocenters. The predicted molar refractivity (Wildman–Crippen MR) is 62.7 cm³/mol. The number of carbonyl (C=O) groups excluding carboxylic acids is 2. The van der Waals surface area contributed by atoms with Gasteiger partial charge in [-0.3, -0.25) is 4.79 Å². The lowest BCUT2D eigenvalue weighted by Gasteiger charge is -2.27. The van der Waals surface area contributed by atoms with Crippen molar-refractivity contribution in [2.45, 2.75) is 32.9 Å². The highest BCUT2D eigenvalue weighted by molar-refractivity contribution is 5.90. The zero-order valence-corrected chi connectivity index (χ0v) is 10.5. The SMILES string of the molecule is CCOC(=O)c1c(C)nc(C=O)n1C[C@@H]1CCO1. The average Bonchev–Trinajstić information content (AvgIpc) is 2.60. The third kappa shape index (κ3) is 2.28. The number of carbonyl (C=O) groups is 2. The van der Waals surface area contributed by atoms with Gasteiger partial charge in [0.1, 0.15) is 0 Å². The zero-order valence-electron chi connectivity index (χ0n) is 10.5. The number of aromatic nitrogens is 2. The summed E-state index contributed by atoms with van der Waals surface area (Å²) in [6.45, 7) is 4.91. The zero-order chi connectivity index (χ0) is 13.1. The lowest BCUT2D eigenvalue weighted by Crippen LogP contribution is -2.33. The van der Waals surface area contributed by atoms with E-state index < -0.39 is 5.97 Å². The second-order valence-electron chi connectivity index (χ2n) is 4.13. The molecule has 1 aromatic rings. The summed E-state index contributed by atoms with van der Waals surface area (Å²) in [4.78, 5) is 26.9. The number of aldehydes is 1. The van der Waals surface area contributed by atoms with Crippen LogP contribution in [0.15, 0.2) is 0 Å². The molecule has 0 saturated carbocycles. The fraction of sp³-hybridized carbons (Fsp3) is 0.583. The van der Waals surface area contributed by atoms with E-state index in [4.69, 9.17) is 9.47 Å². The third-order valence-corrected chi connectivity index (χ3v) is 2.93. The van der Waals surface area contributed by atoms with Crippen molar-refractivity contribution in [1.29, 1.82) is 0 Å². The Morgan fingerprint density at radius 3 is 2.89 bits per heavy atom. The fourth-order valence-electron chi connectivity index (χ4n) is 1.96. The summed E-state index contributed by atoms with van der Waals surface area (Å²) < 4.78 is 11.9. The van der Waals surface area contributed by atoms with Crippen LogP contribution in [-0.4, -0.2) is 41.1 Å². The minimum Gasteiger partial charge on any atom is -0.461 e. The quantitative estimate of drug-likeness (QED) is 0.577. The molecule has 0 radical (unpaired) electrons. The van der Waals surface area contributed by atoms with E-state index in [9.17, 15) is 9.59 Å². The molecule has 1 fully saturated rings. The third-order valence-electron chi connectivity index (χ3n) is 2.93. The molecule has 1 aromatic heterocycles. The van der Waals surface area contributed by atoms with Crippen LogP contribution in [0.3, 0.4) is 0 Å². The smallest absolute Gasteiger partial charge is 0.356 e. The van der Waals surface area contributed by atoms with Gasteiger partial charge < -0.3 is 14.0 Å². The summed E-state index contributed by atoms with van der Waals surface area (Å²) in [5.74, 6) is -0.207. The summed E-state index contributed by atoms with van der Waals surface area (Å²) in [5, 5.41) is 0. The van der Waals surface area contributed by atoms with Crippen LogP contribution in [0.25, 0.3) is 0 Å². The number of aryl methyl sites for hydroxylation is 1. The highest BCUT2D eigenvalue weighted by atomic mass is 16.5. The molecule has 0 aliphatic carbocycles. The lowest BCUT2D eigenvalue weighted by atomic mass is 10.2. The number of nitrogens with zero attached hydrogens (tertiary/aromatic N) is 2. The van der Waals surface area contributed by atoms with Crippen LogP contribution in [0.1, 0.15) is 40.1 Å². The first-order valence-corrected chi connectivity index (χ1v) is 5.98. The Balaban J connectivity index is 2.32. The Bertz CT molecular complexity index is 463. The van der Waals surface area contributed by atoms with Crippen molar-refractivity contribution in [3.8, 4) is 0 Å². The van der Waals surface area contributed by atoms with Crippen molar-refractivity contribution in [3.05, 3.63) is 17.2 Å². The van der Waals surface area contributed by atoms with E-state index in [1.807, 2.05) is 0 Å². The minimum absolute atomic E-state index is 0.0467. The fourth-order valence-corrected chi connectivity index (χ4v) is 1.96. The van der Waals surface area contributed by atoms with Gasteiger partial charge in [-0.15, -0.1) is 0 Å². The van der Waals surface area contributed by atoms with Gasteiger partial charge in [0.25, 0.3) is 0 Å². The molecule has 6 heteroatoms. The van der Waals surface area contributed by atoms with E-state index in [1.54, 1.807) is 18.4 Å². The molecule has 0 aromatic carbocycles. The van der Waals surface area contributed by atoms with Gasteiger partial charge in [-0.25, -0.2) is 9.78 Å². The molecule has 0 bridgehead atoms. The molecule has 1 saturated heterocycles. The van der Waals surface area contributed by atoms with E-state index in [1.165, 1.54) is 0 Å². The van der Waals surface area contributed by atoms with Crippen LogP contribution in [0, 0.1) is 6.92 Å². The summed E-state index contributed by atoms with van der Waals surface area (Å²) in [6.07, 6.45) is 1.62. The highest BCUT2D eigenvalue weighted by Gasteiger charge is 2.26. The molecule has 18 heavy (non-hydrogen) atoms. The lowest BCUT2D eigenvalue weighted by molar-refractivity contribution is -0.0597. The Labute approximate surface area is 105 Å². The minimum atomic E-state index is -0.449. The molecular weight excluding hydrogens is 236 g/mol. The Kier molecular flexibility index (Phi) is 3.76. The van der Waals surface area contributed by atoms with Gasteiger partial charge in [0.15, 0.2) is 17.8 Å². The van der Waals surface area contributed by atoms with E-state index in [0.29, 0.717) is 30.8 Å². The molecule has 1 aliphatic rings. The molecule has 6 nitrogen and oxygen atoms in total. The molecule has 98 valence electrons. The van der Waals surface area contributed by atoms with Crippen molar-refractivity contribution in [2.75, 3.05) is 13.2 Å². The molecule has 0 spiro atoms. The maximum Gasteiger partial charge on any atom is 0.356 e. The molecule has 0 N–H and O–H groups in total. The van der Waals surface area contributed by atoms with Gasteiger partial charge in [0.2, 0.25) is 0 Å². The number of imidazole rings is 1. The van der Waals surface area contributed by atoms with Gasteiger partial charge in [-0.05, 0) is 20.3 Å². The summed E-state index contributed by atoms with van der Waals surface area (Å²) in [7, 11) is 0. The second-order valence-corrected chi connectivity index (χ2v) is 4.13. The van der Waals surface area contributed by atoms with Crippen LogP contribution >= 0.6 is 0 Å². The molecule has 0 amide bonds. The highest BCUT2D eigenvalue weighted by Crippen LogP contribution is 2.18. The number of hydrogen-bond acceptors (Lipinski definition) is 5. The number of rotatable bonds is 5. The maximum atomic E-state index is 11.9.